The lowest BCUT2D eigenvalue weighted by Gasteiger charge is -2.20. The Labute approximate surface area is 392 Å². The number of benzene rings is 3. The van der Waals surface area contributed by atoms with Gasteiger partial charge in [-0.05, 0) is 62.0 Å². The number of esters is 3. The van der Waals surface area contributed by atoms with E-state index in [9.17, 15) is 29.7 Å². The highest BCUT2D eigenvalue weighted by Crippen LogP contribution is 2.44. The second-order valence-corrected chi connectivity index (χ2v) is 36.2. The minimum Gasteiger partial charge on any atom is -0.508 e. The molecule has 3 aliphatic rings. The van der Waals surface area contributed by atoms with Crippen molar-refractivity contribution >= 4 is 48.2 Å². The van der Waals surface area contributed by atoms with Crippen LogP contribution in [-0.2, 0) is 40.5 Å². The number of ether oxygens (including phenoxy) is 6. The van der Waals surface area contributed by atoms with Gasteiger partial charge in [-0.3, -0.25) is 0 Å². The Morgan fingerprint density at radius 3 is 1.38 bits per heavy atom. The van der Waals surface area contributed by atoms with E-state index >= 15 is 0 Å². The summed E-state index contributed by atoms with van der Waals surface area (Å²) in [6.45, 7) is 37.8. The first-order valence-electron chi connectivity index (χ1n) is 21.9. The minimum absolute atomic E-state index is 0. The number of carbonyl (C=O) groups is 3. The van der Waals surface area contributed by atoms with Crippen LogP contribution in [0.25, 0.3) is 6.08 Å². The van der Waals surface area contributed by atoms with Gasteiger partial charge in [-0.25, -0.2) is 14.4 Å². The number of phenols is 3. The molecule has 0 saturated carbocycles. The zero-order chi connectivity index (χ0) is 47.8. The molecule has 0 radical (unpaired) electrons. The van der Waals surface area contributed by atoms with Gasteiger partial charge in [0.2, 0.25) is 0 Å². The molecule has 0 amide bonds. The molecule has 0 saturated heterocycles. The molecular weight excluding hydrogens is 877 g/mol. The number of hydrogen-bond donors (Lipinski definition) is 3. The third-order valence-electron chi connectivity index (χ3n) is 10.9. The number of aromatic hydroxyl groups is 3. The van der Waals surface area contributed by atoms with Crippen LogP contribution in [-0.4, -0.2) is 77.3 Å². The van der Waals surface area contributed by atoms with Crippen molar-refractivity contribution in [2.75, 3.05) is 19.8 Å². The molecular formula is C50H80O12Si3. The first-order chi connectivity index (χ1) is 29.3. The summed E-state index contributed by atoms with van der Waals surface area (Å²) >= 11 is 0. The van der Waals surface area contributed by atoms with Crippen LogP contribution in [0.3, 0.4) is 0 Å². The number of hydrogen-bond acceptors (Lipinski definition) is 12. The molecule has 3 aromatic carbocycles. The fourth-order valence-electron chi connectivity index (χ4n) is 6.81. The van der Waals surface area contributed by atoms with E-state index in [0.29, 0.717) is 88.0 Å². The molecule has 0 bridgehead atoms. The predicted octanol–water partition coefficient (Wildman–Crippen LogP) is 12.8. The maximum atomic E-state index is 12.0. The van der Waals surface area contributed by atoms with Crippen molar-refractivity contribution in [2.24, 2.45) is 0 Å². The van der Waals surface area contributed by atoms with E-state index < -0.39 is 24.2 Å². The Morgan fingerprint density at radius 2 is 0.969 bits per heavy atom. The number of cyclic esters (lactones) is 3. The summed E-state index contributed by atoms with van der Waals surface area (Å²) in [4.78, 5) is 35.7. The van der Waals surface area contributed by atoms with E-state index in [1.165, 1.54) is 12.1 Å². The lowest BCUT2D eigenvalue weighted by Crippen LogP contribution is -2.23. The predicted molar refractivity (Wildman–Crippen MR) is 271 cm³/mol. The first-order valence-corrected chi connectivity index (χ1v) is 33.1. The number of carbonyl (C=O) groups excluding carboxylic acids is 3. The third-order valence-corrected chi connectivity index (χ3v) is 16.0. The summed E-state index contributed by atoms with van der Waals surface area (Å²) in [6.07, 6.45) is 2.15. The Bertz CT molecular complexity index is 2180. The summed E-state index contributed by atoms with van der Waals surface area (Å²) in [5.74, 6) is 0.785. The topological polar surface area (TPSA) is 167 Å². The van der Waals surface area contributed by atoms with Gasteiger partial charge in [0.1, 0.15) is 71.0 Å². The van der Waals surface area contributed by atoms with Gasteiger partial charge in [-0.2, -0.15) is 0 Å². The normalized spacial score (nSPS) is 13.2. The highest BCUT2D eigenvalue weighted by molar-refractivity contribution is 6.76. The van der Waals surface area contributed by atoms with Crippen molar-refractivity contribution in [3.63, 3.8) is 0 Å². The molecule has 3 heterocycles. The van der Waals surface area contributed by atoms with Crippen LogP contribution in [0.15, 0.2) is 12.6 Å². The summed E-state index contributed by atoms with van der Waals surface area (Å²) in [7, 11) is -3.63. The van der Waals surface area contributed by atoms with Crippen molar-refractivity contribution in [1.29, 1.82) is 0 Å². The van der Waals surface area contributed by atoms with Crippen molar-refractivity contribution in [2.45, 2.75) is 160 Å². The number of fused-ring (bicyclic) bond motifs is 3. The van der Waals surface area contributed by atoms with Crippen LogP contribution in [0.5, 0.6) is 34.5 Å². The van der Waals surface area contributed by atoms with Crippen molar-refractivity contribution < 1.29 is 58.1 Å². The van der Waals surface area contributed by atoms with Crippen LogP contribution in [0.1, 0.15) is 111 Å². The molecule has 364 valence electrons. The van der Waals surface area contributed by atoms with E-state index in [2.05, 4.69) is 65.5 Å². The second-order valence-electron chi connectivity index (χ2n) is 19.3. The smallest absolute Gasteiger partial charge is 0.342 e. The molecule has 0 aliphatic carbocycles. The van der Waals surface area contributed by atoms with E-state index in [4.69, 9.17) is 28.4 Å². The number of phenolic OH excluding ortho intramolecular Hbond substituents is 3. The average molecular weight is 957 g/mol. The quantitative estimate of drug-likeness (QED) is 0.0796. The maximum Gasteiger partial charge on any atom is 0.342 e. The minimum atomic E-state index is -1.24. The largest absolute Gasteiger partial charge is 0.508 e. The van der Waals surface area contributed by atoms with Crippen molar-refractivity contribution in [1.82, 2.24) is 0 Å². The molecule has 12 nitrogen and oxygen atoms in total. The SMILES string of the molecule is C.C.C=Cc1c(O)c(C)c2c(c1OCC[Si](C)(C)C)C(=O)OC2.CC.CCc1c(O)c(C)c2c(c1OCC[Si](C)(C)C)C(=O)OC2.Cc1c(O)cc(OCC[Si](C)(C)C)c2c1COC2=O. The van der Waals surface area contributed by atoms with Gasteiger partial charge in [0.05, 0.1) is 25.4 Å². The van der Waals surface area contributed by atoms with Gasteiger partial charge in [0.15, 0.2) is 0 Å². The molecule has 0 aromatic heterocycles. The van der Waals surface area contributed by atoms with Crippen LogP contribution < -0.4 is 14.2 Å². The van der Waals surface area contributed by atoms with Crippen LogP contribution >= 0.6 is 0 Å². The van der Waals surface area contributed by atoms with Gasteiger partial charge in [0, 0.05) is 52.5 Å². The molecule has 0 spiro atoms. The van der Waals surface area contributed by atoms with Crippen LogP contribution in [0, 0.1) is 20.8 Å². The summed E-state index contributed by atoms with van der Waals surface area (Å²) in [5, 5.41) is 30.5. The van der Waals surface area contributed by atoms with Gasteiger partial charge < -0.3 is 43.7 Å². The number of rotatable bonds is 14. The summed E-state index contributed by atoms with van der Waals surface area (Å²) < 4.78 is 32.7. The fourth-order valence-corrected chi connectivity index (χ4v) is 8.96. The van der Waals surface area contributed by atoms with Gasteiger partial charge in [-0.15, -0.1) is 0 Å². The Hall–Kier alpha value is -4.74. The maximum absolute atomic E-state index is 12.0. The molecule has 0 atom stereocenters. The van der Waals surface area contributed by atoms with Crippen LogP contribution in [0.2, 0.25) is 77.1 Å². The molecule has 0 unspecified atom stereocenters. The van der Waals surface area contributed by atoms with E-state index in [1.54, 1.807) is 13.8 Å². The molecule has 65 heavy (non-hydrogen) atoms. The molecule has 3 aliphatic heterocycles. The summed E-state index contributed by atoms with van der Waals surface area (Å²) in [5.41, 5.74) is 6.91. The Morgan fingerprint density at radius 1 is 0.600 bits per heavy atom. The van der Waals surface area contributed by atoms with Gasteiger partial charge >= 0.3 is 17.9 Å². The van der Waals surface area contributed by atoms with Gasteiger partial charge in [0.25, 0.3) is 0 Å². The standard InChI is InChI=1S/C16H24O4Si.C16H22O4Si.C14H20O4Si.C2H6.2CH4/c2*1-6-11-14(17)10(2)12-9-20-16(18)13(12)15(11)19-7-8-21(3,4)5;1-9-10-8-18-14(16)13(10)12(7-11(9)15)17-5-6-19(2,3)4;1-2;;/h17H,6-9H2,1-5H3;6,17H,1,7-9H2,2-5H3;7,15H,5-6,8H2,1-4H3;1-2H3;2*1H4. The first kappa shape index (κ1) is 58.3. The lowest BCUT2D eigenvalue weighted by molar-refractivity contribution is 0.0523. The van der Waals surface area contributed by atoms with E-state index in [0.717, 1.165) is 34.8 Å². The molecule has 3 N–H and O–H groups in total. The highest BCUT2D eigenvalue weighted by Gasteiger charge is 2.34. The zero-order valence-corrected chi connectivity index (χ0v) is 43.4. The highest BCUT2D eigenvalue weighted by atomic mass is 28.3. The van der Waals surface area contributed by atoms with Crippen molar-refractivity contribution in [3.05, 3.63) is 73.8 Å². The van der Waals surface area contributed by atoms with Crippen molar-refractivity contribution in [3.8, 4) is 34.5 Å². The zero-order valence-electron chi connectivity index (χ0n) is 40.4. The molecule has 15 heteroatoms. The second kappa shape index (κ2) is 24.2. The lowest BCUT2D eigenvalue weighted by atomic mass is 9.96. The third kappa shape index (κ3) is 14.6. The van der Waals surface area contributed by atoms with Crippen LogP contribution in [0.4, 0.5) is 0 Å². The average Bonchev–Trinajstić information content (AvgIpc) is 3.90. The molecule has 6 rings (SSSR count). The fraction of sp³-hybridized carbons (Fsp3) is 0.540. The van der Waals surface area contributed by atoms with E-state index in [-0.39, 0.29) is 69.8 Å². The molecule has 3 aromatic rings. The Balaban J connectivity index is 0.000000471. The Kier molecular flexibility index (Phi) is 21.7. The monoisotopic (exact) mass is 956 g/mol. The summed E-state index contributed by atoms with van der Waals surface area (Å²) in [6, 6.07) is 4.51. The van der Waals surface area contributed by atoms with Gasteiger partial charge in [-0.1, -0.05) is 107 Å². The van der Waals surface area contributed by atoms with E-state index in [1.807, 2.05) is 27.7 Å². The molecule has 0 fully saturated rings.